The molecule has 0 aromatic heterocycles. The summed E-state index contributed by atoms with van der Waals surface area (Å²) in [5, 5.41) is 0. The smallest absolute Gasteiger partial charge is 0.133 e. The molecule has 0 radical (unpaired) electrons. The summed E-state index contributed by atoms with van der Waals surface area (Å²) in [6, 6.07) is 4.41. The molecule has 0 spiro atoms. The molecule has 1 aromatic carbocycles. The molecule has 0 aliphatic heterocycles. The molecule has 0 fully saturated rings. The molecule has 0 unspecified atom stereocenters. The normalized spacial score (nSPS) is 14.1. The molecule has 0 amide bonds. The van der Waals surface area contributed by atoms with Crippen LogP contribution in [0.5, 0.6) is 5.75 Å². The summed E-state index contributed by atoms with van der Waals surface area (Å²) in [6.07, 6.45) is 4.79. The van der Waals surface area contributed by atoms with E-state index in [-0.39, 0.29) is 0 Å². The topological polar surface area (TPSA) is 9.23 Å². The molecule has 0 bridgehead atoms. The second-order valence-corrected chi connectivity index (χ2v) is 4.61. The van der Waals surface area contributed by atoms with Crippen molar-refractivity contribution in [2.75, 3.05) is 6.61 Å². The van der Waals surface area contributed by atoms with Crippen LogP contribution in [0.1, 0.15) is 30.9 Å². The Labute approximate surface area is 93.6 Å². The van der Waals surface area contributed by atoms with Crippen LogP contribution in [0, 0.1) is 0 Å². The SMILES string of the molecule is CCCOc1cc2c(cc1Br)CCC2. The Kier molecular flexibility index (Phi) is 3.12. The fourth-order valence-corrected chi connectivity index (χ4v) is 2.40. The number of hydrogen-bond acceptors (Lipinski definition) is 1. The van der Waals surface area contributed by atoms with E-state index in [1.165, 1.54) is 30.4 Å². The summed E-state index contributed by atoms with van der Waals surface area (Å²) in [6.45, 7) is 2.93. The van der Waals surface area contributed by atoms with Gasteiger partial charge in [-0.25, -0.2) is 0 Å². The minimum absolute atomic E-state index is 0.803. The van der Waals surface area contributed by atoms with Gasteiger partial charge in [0, 0.05) is 0 Å². The van der Waals surface area contributed by atoms with Gasteiger partial charge in [-0.2, -0.15) is 0 Å². The van der Waals surface area contributed by atoms with Crippen LogP contribution in [-0.2, 0) is 12.8 Å². The van der Waals surface area contributed by atoms with Crippen LogP contribution in [0.15, 0.2) is 16.6 Å². The van der Waals surface area contributed by atoms with Crippen LogP contribution >= 0.6 is 15.9 Å². The number of ether oxygens (including phenoxy) is 1. The second-order valence-electron chi connectivity index (χ2n) is 3.75. The molecular weight excluding hydrogens is 240 g/mol. The van der Waals surface area contributed by atoms with Crippen LogP contribution in [-0.4, -0.2) is 6.61 Å². The van der Waals surface area contributed by atoms with E-state index in [1.54, 1.807) is 0 Å². The predicted molar refractivity (Wildman–Crippen MR) is 62.0 cm³/mol. The van der Waals surface area contributed by atoms with Gasteiger partial charge < -0.3 is 4.74 Å². The van der Waals surface area contributed by atoms with E-state index in [1.807, 2.05) is 0 Å². The van der Waals surface area contributed by atoms with Crippen molar-refractivity contribution in [3.8, 4) is 5.75 Å². The van der Waals surface area contributed by atoms with Gasteiger partial charge in [0.1, 0.15) is 5.75 Å². The number of benzene rings is 1. The molecule has 2 rings (SSSR count). The van der Waals surface area contributed by atoms with Gasteiger partial charge in [-0.1, -0.05) is 6.92 Å². The molecule has 14 heavy (non-hydrogen) atoms. The lowest BCUT2D eigenvalue weighted by molar-refractivity contribution is 0.315. The molecular formula is C12H15BrO. The molecule has 0 saturated heterocycles. The third kappa shape index (κ3) is 1.95. The Hall–Kier alpha value is -0.500. The van der Waals surface area contributed by atoms with Crippen molar-refractivity contribution in [2.45, 2.75) is 32.6 Å². The first kappa shape index (κ1) is 10.0. The zero-order chi connectivity index (χ0) is 9.97. The summed E-state index contributed by atoms with van der Waals surface area (Å²) in [7, 11) is 0. The van der Waals surface area contributed by atoms with Crippen LogP contribution < -0.4 is 4.74 Å². The molecule has 0 saturated carbocycles. The van der Waals surface area contributed by atoms with Crippen LogP contribution in [0.2, 0.25) is 0 Å². The maximum absolute atomic E-state index is 5.66. The Morgan fingerprint density at radius 3 is 2.71 bits per heavy atom. The third-order valence-electron chi connectivity index (χ3n) is 2.61. The van der Waals surface area contributed by atoms with Gasteiger partial charge in [0.05, 0.1) is 11.1 Å². The Bertz CT molecular complexity index is 333. The molecule has 1 aromatic rings. The highest BCUT2D eigenvalue weighted by atomic mass is 79.9. The summed E-state index contributed by atoms with van der Waals surface area (Å²) in [5.74, 6) is 1.01. The highest BCUT2D eigenvalue weighted by molar-refractivity contribution is 9.10. The minimum Gasteiger partial charge on any atom is -0.492 e. The molecule has 1 aliphatic carbocycles. The highest BCUT2D eigenvalue weighted by Crippen LogP contribution is 2.33. The molecule has 1 aliphatic rings. The average Bonchev–Trinajstić information content (AvgIpc) is 2.61. The Morgan fingerprint density at radius 2 is 2.00 bits per heavy atom. The van der Waals surface area contributed by atoms with Crippen LogP contribution in [0.4, 0.5) is 0 Å². The van der Waals surface area contributed by atoms with Gasteiger partial charge in [-0.05, 0) is 64.9 Å². The zero-order valence-corrected chi connectivity index (χ0v) is 10.1. The maximum Gasteiger partial charge on any atom is 0.133 e. The fourth-order valence-electron chi connectivity index (χ4n) is 1.89. The molecule has 2 heteroatoms. The van der Waals surface area contributed by atoms with Crippen molar-refractivity contribution in [3.63, 3.8) is 0 Å². The first-order valence-corrected chi connectivity index (χ1v) is 6.04. The first-order valence-electron chi connectivity index (χ1n) is 5.25. The number of aryl methyl sites for hydroxylation is 2. The highest BCUT2D eigenvalue weighted by Gasteiger charge is 2.13. The van der Waals surface area contributed by atoms with Gasteiger partial charge in [0.25, 0.3) is 0 Å². The minimum atomic E-state index is 0.803. The number of fused-ring (bicyclic) bond motifs is 1. The van der Waals surface area contributed by atoms with Gasteiger partial charge in [0.2, 0.25) is 0 Å². The first-order chi connectivity index (χ1) is 6.81. The quantitative estimate of drug-likeness (QED) is 0.799. The molecule has 0 heterocycles. The number of rotatable bonds is 3. The van der Waals surface area contributed by atoms with Crippen molar-refractivity contribution in [1.82, 2.24) is 0 Å². The largest absolute Gasteiger partial charge is 0.492 e. The summed E-state index contributed by atoms with van der Waals surface area (Å²) in [4.78, 5) is 0. The average molecular weight is 255 g/mol. The Morgan fingerprint density at radius 1 is 1.29 bits per heavy atom. The van der Waals surface area contributed by atoms with Crippen LogP contribution in [0.3, 0.4) is 0 Å². The van der Waals surface area contributed by atoms with E-state index >= 15 is 0 Å². The van der Waals surface area contributed by atoms with E-state index in [0.717, 1.165) is 23.2 Å². The summed E-state index contributed by atoms with van der Waals surface area (Å²) >= 11 is 3.56. The summed E-state index contributed by atoms with van der Waals surface area (Å²) in [5.41, 5.74) is 2.96. The molecule has 76 valence electrons. The van der Waals surface area contributed by atoms with Gasteiger partial charge in [-0.15, -0.1) is 0 Å². The summed E-state index contributed by atoms with van der Waals surface area (Å²) < 4.78 is 6.77. The van der Waals surface area contributed by atoms with E-state index in [9.17, 15) is 0 Å². The monoisotopic (exact) mass is 254 g/mol. The van der Waals surface area contributed by atoms with Crippen molar-refractivity contribution in [1.29, 1.82) is 0 Å². The molecule has 0 atom stereocenters. The van der Waals surface area contributed by atoms with Gasteiger partial charge in [0.15, 0.2) is 0 Å². The number of halogens is 1. The lowest BCUT2D eigenvalue weighted by atomic mass is 10.1. The van der Waals surface area contributed by atoms with Gasteiger partial charge in [-0.3, -0.25) is 0 Å². The maximum atomic E-state index is 5.66. The van der Waals surface area contributed by atoms with Crippen molar-refractivity contribution >= 4 is 15.9 Å². The molecule has 0 N–H and O–H groups in total. The van der Waals surface area contributed by atoms with E-state index in [2.05, 4.69) is 35.0 Å². The fraction of sp³-hybridized carbons (Fsp3) is 0.500. The molecule has 1 nitrogen and oxygen atoms in total. The van der Waals surface area contributed by atoms with Crippen LogP contribution in [0.25, 0.3) is 0 Å². The lowest BCUT2D eigenvalue weighted by Crippen LogP contribution is -1.97. The van der Waals surface area contributed by atoms with Crippen molar-refractivity contribution < 1.29 is 4.74 Å². The Balaban J connectivity index is 2.23. The standard InChI is InChI=1S/C12H15BrO/c1-2-6-14-12-8-10-5-3-4-9(10)7-11(12)13/h7-8H,2-6H2,1H3. The van der Waals surface area contributed by atoms with E-state index in [0.29, 0.717) is 0 Å². The van der Waals surface area contributed by atoms with E-state index in [4.69, 9.17) is 4.74 Å². The predicted octanol–water partition coefficient (Wildman–Crippen LogP) is 3.73. The second kappa shape index (κ2) is 4.35. The van der Waals surface area contributed by atoms with E-state index < -0.39 is 0 Å². The third-order valence-corrected chi connectivity index (χ3v) is 3.23. The van der Waals surface area contributed by atoms with Gasteiger partial charge >= 0.3 is 0 Å². The van der Waals surface area contributed by atoms with Crippen molar-refractivity contribution in [3.05, 3.63) is 27.7 Å². The number of hydrogen-bond donors (Lipinski definition) is 0. The zero-order valence-electron chi connectivity index (χ0n) is 8.48. The van der Waals surface area contributed by atoms with Crippen molar-refractivity contribution in [2.24, 2.45) is 0 Å². The lowest BCUT2D eigenvalue weighted by Gasteiger charge is -2.09.